The van der Waals surface area contributed by atoms with E-state index in [2.05, 4.69) is 0 Å². The maximum absolute atomic E-state index is 12.2. The van der Waals surface area contributed by atoms with E-state index in [0.29, 0.717) is 11.3 Å². The zero-order valence-corrected chi connectivity index (χ0v) is 16.1. The minimum absolute atomic E-state index is 0.187. The van der Waals surface area contributed by atoms with Crippen LogP contribution >= 0.6 is 11.8 Å². The number of hydrogen-bond acceptors (Lipinski definition) is 5. The summed E-state index contributed by atoms with van der Waals surface area (Å²) >= 11 is 1.03. The molecule has 6 nitrogen and oxygen atoms in total. The van der Waals surface area contributed by atoms with E-state index in [0.717, 1.165) is 29.2 Å². The van der Waals surface area contributed by atoms with Crippen LogP contribution in [0.1, 0.15) is 31.6 Å². The van der Waals surface area contributed by atoms with Crippen molar-refractivity contribution < 1.29 is 24.2 Å². The van der Waals surface area contributed by atoms with Gasteiger partial charge in [0.2, 0.25) is 0 Å². The standard InChI is InChI=1S/C16H19NO5S.C2H6/c1-4-17-8-10(14-11(17)6-5-7-12(14)21-2)15(16(20)22-3)23-9-13(18)19;1-2/h5-8,15H,4,9H2,1-3H3,(H,18,19);1-2H3. The number of hydrogen-bond donors (Lipinski definition) is 1. The van der Waals surface area contributed by atoms with Crippen LogP contribution in [-0.4, -0.2) is 41.6 Å². The summed E-state index contributed by atoms with van der Waals surface area (Å²) < 4.78 is 12.3. The van der Waals surface area contributed by atoms with Crippen molar-refractivity contribution in [2.45, 2.75) is 32.6 Å². The SMILES string of the molecule is CC.CCn1cc(C(SCC(=O)O)C(=O)OC)c2c(OC)cccc21. The van der Waals surface area contributed by atoms with E-state index in [-0.39, 0.29) is 5.75 Å². The van der Waals surface area contributed by atoms with Crippen molar-refractivity contribution in [3.05, 3.63) is 30.0 Å². The number of ether oxygens (including phenoxy) is 2. The fourth-order valence-corrected chi connectivity index (χ4v) is 3.43. The molecule has 1 aromatic carbocycles. The number of aromatic nitrogens is 1. The number of thioether (sulfide) groups is 1. The van der Waals surface area contributed by atoms with E-state index in [4.69, 9.17) is 14.6 Å². The highest BCUT2D eigenvalue weighted by molar-refractivity contribution is 8.00. The second kappa shape index (κ2) is 9.98. The van der Waals surface area contributed by atoms with Gasteiger partial charge < -0.3 is 19.1 Å². The molecule has 1 unspecified atom stereocenters. The molecule has 0 radical (unpaired) electrons. The van der Waals surface area contributed by atoms with Gasteiger partial charge in [-0.1, -0.05) is 19.9 Å². The average molecular weight is 367 g/mol. The molecule has 7 heteroatoms. The summed E-state index contributed by atoms with van der Waals surface area (Å²) in [4.78, 5) is 23.1. The molecule has 0 saturated carbocycles. The van der Waals surface area contributed by atoms with Crippen LogP contribution in [0.4, 0.5) is 0 Å². The first-order valence-electron chi connectivity index (χ1n) is 8.10. The van der Waals surface area contributed by atoms with Crippen LogP contribution in [0, 0.1) is 0 Å². The summed E-state index contributed by atoms with van der Waals surface area (Å²) in [6.07, 6.45) is 1.86. The van der Waals surface area contributed by atoms with Gasteiger partial charge >= 0.3 is 11.9 Å². The van der Waals surface area contributed by atoms with E-state index in [1.54, 1.807) is 7.11 Å². The first-order chi connectivity index (χ1) is 12.0. The molecule has 1 heterocycles. The summed E-state index contributed by atoms with van der Waals surface area (Å²) in [5, 5.41) is 9.02. The van der Waals surface area contributed by atoms with Crippen molar-refractivity contribution >= 4 is 34.6 Å². The number of carbonyl (C=O) groups excluding carboxylic acids is 1. The van der Waals surface area contributed by atoms with Crippen LogP contribution in [0.2, 0.25) is 0 Å². The molecule has 0 saturated heterocycles. The van der Waals surface area contributed by atoms with Crippen molar-refractivity contribution in [1.82, 2.24) is 4.57 Å². The lowest BCUT2D eigenvalue weighted by molar-refractivity contribution is -0.140. The van der Waals surface area contributed by atoms with Gasteiger partial charge in [-0.25, -0.2) is 0 Å². The minimum Gasteiger partial charge on any atom is -0.496 e. The molecule has 0 fully saturated rings. The van der Waals surface area contributed by atoms with Gasteiger partial charge in [0.25, 0.3) is 0 Å². The number of carboxylic acids is 1. The van der Waals surface area contributed by atoms with Crippen LogP contribution in [0.25, 0.3) is 10.9 Å². The van der Waals surface area contributed by atoms with Crippen molar-refractivity contribution in [1.29, 1.82) is 0 Å². The highest BCUT2D eigenvalue weighted by Gasteiger charge is 2.28. The number of carbonyl (C=O) groups is 2. The minimum atomic E-state index is -0.977. The molecule has 0 aliphatic rings. The van der Waals surface area contributed by atoms with Crippen molar-refractivity contribution in [3.8, 4) is 5.75 Å². The number of carboxylic acid groups (broad SMARTS) is 1. The monoisotopic (exact) mass is 367 g/mol. The Morgan fingerprint density at radius 2 is 1.96 bits per heavy atom. The van der Waals surface area contributed by atoms with Crippen molar-refractivity contribution in [2.75, 3.05) is 20.0 Å². The van der Waals surface area contributed by atoms with Gasteiger partial charge in [0.1, 0.15) is 11.0 Å². The first-order valence-corrected chi connectivity index (χ1v) is 9.15. The van der Waals surface area contributed by atoms with E-state index in [1.807, 2.05) is 49.7 Å². The second-order valence-corrected chi connectivity index (χ2v) is 5.93. The Morgan fingerprint density at radius 1 is 1.28 bits per heavy atom. The quantitative estimate of drug-likeness (QED) is 0.752. The highest BCUT2D eigenvalue weighted by Crippen LogP contribution is 2.40. The second-order valence-electron chi connectivity index (χ2n) is 4.83. The van der Waals surface area contributed by atoms with Crippen molar-refractivity contribution in [3.63, 3.8) is 0 Å². The molecule has 0 aliphatic carbocycles. The number of nitrogens with zero attached hydrogens (tertiary/aromatic N) is 1. The molecular weight excluding hydrogens is 342 g/mol. The van der Waals surface area contributed by atoms with Gasteiger partial charge in [-0.2, -0.15) is 0 Å². The first kappa shape index (κ1) is 20.9. The van der Waals surface area contributed by atoms with Gasteiger partial charge in [-0.3, -0.25) is 9.59 Å². The Kier molecular flexibility index (Phi) is 8.34. The number of aryl methyl sites for hydroxylation is 1. The summed E-state index contributed by atoms with van der Waals surface area (Å²) in [5.41, 5.74) is 1.64. The number of benzene rings is 1. The molecule has 0 aliphatic heterocycles. The summed E-state index contributed by atoms with van der Waals surface area (Å²) in [7, 11) is 2.87. The van der Waals surface area contributed by atoms with Gasteiger partial charge in [-0.15, -0.1) is 11.8 Å². The summed E-state index contributed by atoms with van der Waals surface area (Å²) in [5.74, 6) is -0.991. The Morgan fingerprint density at radius 3 is 2.48 bits per heavy atom. The van der Waals surface area contributed by atoms with E-state index >= 15 is 0 Å². The number of rotatable bonds is 7. The van der Waals surface area contributed by atoms with E-state index < -0.39 is 17.2 Å². The molecule has 1 aromatic heterocycles. The molecular formula is C18H25NO5S. The van der Waals surface area contributed by atoms with Crippen LogP contribution in [0.15, 0.2) is 24.4 Å². The Labute approximate surface area is 152 Å². The van der Waals surface area contributed by atoms with Gasteiger partial charge in [0.05, 0.1) is 25.5 Å². The molecule has 25 heavy (non-hydrogen) atoms. The predicted octanol–water partition coefficient (Wildman–Crippen LogP) is 3.73. The van der Waals surface area contributed by atoms with Gasteiger partial charge in [0.15, 0.2) is 0 Å². The lowest BCUT2D eigenvalue weighted by Gasteiger charge is -2.13. The summed E-state index contributed by atoms with van der Waals surface area (Å²) in [6, 6.07) is 5.65. The molecule has 1 atom stereocenters. The Balaban J connectivity index is 0.00000151. The normalized spacial score (nSPS) is 11.4. The fourth-order valence-electron chi connectivity index (χ4n) is 2.53. The largest absolute Gasteiger partial charge is 0.496 e. The van der Waals surface area contributed by atoms with Crippen molar-refractivity contribution in [2.24, 2.45) is 0 Å². The third kappa shape index (κ3) is 4.69. The maximum atomic E-state index is 12.2. The molecule has 1 N–H and O–H groups in total. The van der Waals surface area contributed by atoms with Crippen LogP contribution in [-0.2, 0) is 20.9 Å². The lowest BCUT2D eigenvalue weighted by Crippen LogP contribution is -2.13. The average Bonchev–Trinajstić information content (AvgIpc) is 3.01. The third-order valence-corrected chi connectivity index (χ3v) is 4.72. The molecule has 2 aromatic rings. The number of esters is 1. The smallest absolute Gasteiger partial charge is 0.323 e. The highest BCUT2D eigenvalue weighted by atomic mass is 32.2. The van der Waals surface area contributed by atoms with Crippen LogP contribution < -0.4 is 4.74 Å². The zero-order chi connectivity index (χ0) is 19.0. The molecule has 138 valence electrons. The summed E-state index contributed by atoms with van der Waals surface area (Å²) in [6.45, 7) is 6.72. The van der Waals surface area contributed by atoms with Crippen LogP contribution in [0.3, 0.4) is 0 Å². The fraction of sp³-hybridized carbons (Fsp3) is 0.444. The molecule has 0 amide bonds. The van der Waals surface area contributed by atoms with Crippen LogP contribution in [0.5, 0.6) is 5.75 Å². The number of aliphatic carboxylic acids is 1. The predicted molar refractivity (Wildman–Crippen MR) is 100 cm³/mol. The number of fused-ring (bicyclic) bond motifs is 1. The molecule has 0 bridgehead atoms. The molecule has 0 spiro atoms. The topological polar surface area (TPSA) is 77.8 Å². The number of methoxy groups -OCH3 is 2. The Bertz CT molecular complexity index is 726. The molecule has 2 rings (SSSR count). The Hall–Kier alpha value is -2.15. The lowest BCUT2D eigenvalue weighted by atomic mass is 10.1. The van der Waals surface area contributed by atoms with Gasteiger partial charge in [0, 0.05) is 23.7 Å². The third-order valence-electron chi connectivity index (χ3n) is 3.53. The van der Waals surface area contributed by atoms with E-state index in [9.17, 15) is 9.59 Å². The zero-order valence-electron chi connectivity index (χ0n) is 15.2. The maximum Gasteiger partial charge on any atom is 0.323 e. The van der Waals surface area contributed by atoms with Gasteiger partial charge in [-0.05, 0) is 19.1 Å². The van der Waals surface area contributed by atoms with E-state index in [1.165, 1.54) is 7.11 Å².